The van der Waals surface area contributed by atoms with Crippen LogP contribution in [-0.2, 0) is 10.0 Å². The second-order valence-corrected chi connectivity index (χ2v) is 8.98. The van der Waals surface area contributed by atoms with Gasteiger partial charge in [0.25, 0.3) is 0 Å². The Balaban J connectivity index is 1.50. The Hall–Kier alpha value is -2.92. The summed E-state index contributed by atoms with van der Waals surface area (Å²) < 4.78 is 55.1. The van der Waals surface area contributed by atoms with Crippen LogP contribution in [0.5, 0.6) is 0 Å². The van der Waals surface area contributed by atoms with Gasteiger partial charge in [0, 0.05) is 37.9 Å². The maximum Gasteiger partial charge on any atom is 0.243 e. The number of piperazine rings is 1. The summed E-state index contributed by atoms with van der Waals surface area (Å²) >= 11 is 0. The molecular formula is C19H20F2N6O2S. The number of aromatic nitrogens is 4. The Kier molecular flexibility index (Phi) is 5.24. The number of hydrogen-bond donors (Lipinski definition) is 0. The third-order valence-electron chi connectivity index (χ3n) is 4.96. The molecule has 0 amide bonds. The lowest BCUT2D eigenvalue weighted by atomic mass is 10.3. The molecule has 4 rings (SSSR count). The minimum Gasteiger partial charge on any atom is -0.354 e. The highest BCUT2D eigenvalue weighted by Gasteiger charge is 2.29. The third-order valence-corrected chi connectivity index (χ3v) is 6.85. The number of aryl methyl sites for hydroxylation is 2. The summed E-state index contributed by atoms with van der Waals surface area (Å²) in [6.45, 7) is 5.02. The van der Waals surface area contributed by atoms with Gasteiger partial charge in [-0.3, -0.25) is 0 Å². The molecule has 0 spiro atoms. The van der Waals surface area contributed by atoms with Gasteiger partial charge in [-0.15, -0.1) is 0 Å². The number of nitrogens with zero attached hydrogens (tertiary/aromatic N) is 6. The lowest BCUT2D eigenvalue weighted by molar-refractivity contribution is 0.383. The fourth-order valence-electron chi connectivity index (χ4n) is 3.43. The predicted molar refractivity (Wildman–Crippen MR) is 106 cm³/mol. The Morgan fingerprint density at radius 2 is 1.60 bits per heavy atom. The van der Waals surface area contributed by atoms with E-state index in [-0.39, 0.29) is 18.0 Å². The summed E-state index contributed by atoms with van der Waals surface area (Å²) in [5.41, 5.74) is 1.82. The van der Waals surface area contributed by atoms with E-state index in [1.165, 1.54) is 10.6 Å². The molecule has 1 saturated heterocycles. The van der Waals surface area contributed by atoms with E-state index in [1.807, 2.05) is 24.8 Å². The minimum atomic E-state index is -3.91. The highest BCUT2D eigenvalue weighted by molar-refractivity contribution is 7.89. The van der Waals surface area contributed by atoms with Crippen molar-refractivity contribution in [2.75, 3.05) is 31.1 Å². The first-order valence-corrected chi connectivity index (χ1v) is 10.8. The van der Waals surface area contributed by atoms with Gasteiger partial charge in [0.05, 0.1) is 10.6 Å². The minimum absolute atomic E-state index is 0.195. The first kappa shape index (κ1) is 20.4. The van der Waals surface area contributed by atoms with Crippen molar-refractivity contribution < 1.29 is 17.2 Å². The molecule has 0 bridgehead atoms. The first-order chi connectivity index (χ1) is 14.3. The average Bonchev–Trinajstić information content (AvgIpc) is 3.08. The van der Waals surface area contributed by atoms with E-state index < -0.39 is 21.7 Å². The van der Waals surface area contributed by atoms with Gasteiger partial charge in [0.2, 0.25) is 10.0 Å². The molecule has 3 heterocycles. The monoisotopic (exact) mass is 434 g/mol. The Morgan fingerprint density at radius 1 is 0.900 bits per heavy atom. The molecule has 0 N–H and O–H groups in total. The Morgan fingerprint density at radius 3 is 2.23 bits per heavy atom. The molecule has 2 aromatic heterocycles. The SMILES string of the molecule is Cc1cc(C)n(-c2cc(N3CCN(S(=O)(=O)c4ccc(F)c(F)c4)CC3)ncn2)n1. The maximum atomic E-state index is 13.5. The molecule has 1 aliphatic heterocycles. The number of sulfonamides is 1. The average molecular weight is 434 g/mol. The van der Waals surface area contributed by atoms with Crippen LogP contribution in [0.1, 0.15) is 11.4 Å². The van der Waals surface area contributed by atoms with Crippen LogP contribution < -0.4 is 4.90 Å². The molecule has 11 heteroatoms. The molecule has 0 aliphatic carbocycles. The van der Waals surface area contributed by atoms with Crippen molar-refractivity contribution >= 4 is 15.8 Å². The summed E-state index contributed by atoms with van der Waals surface area (Å²) in [4.78, 5) is 10.3. The lowest BCUT2D eigenvalue weighted by Crippen LogP contribution is -2.49. The number of benzene rings is 1. The zero-order valence-corrected chi connectivity index (χ0v) is 17.3. The van der Waals surface area contributed by atoms with Crippen molar-refractivity contribution in [3.63, 3.8) is 0 Å². The number of rotatable bonds is 4. The molecular weight excluding hydrogens is 414 g/mol. The standard InChI is InChI=1S/C19H20F2N6O2S/c1-13-9-14(2)27(24-13)19-11-18(22-12-23-19)25-5-7-26(8-6-25)30(28,29)15-3-4-16(20)17(21)10-15/h3-4,9-12H,5-8H2,1-2H3. The third kappa shape index (κ3) is 3.77. The molecule has 158 valence electrons. The largest absolute Gasteiger partial charge is 0.354 e. The highest BCUT2D eigenvalue weighted by atomic mass is 32.2. The van der Waals surface area contributed by atoms with Crippen LogP contribution in [0.25, 0.3) is 5.82 Å². The molecule has 1 fully saturated rings. The predicted octanol–water partition coefficient (Wildman–Crippen LogP) is 2.07. The Labute approximate surface area is 172 Å². The van der Waals surface area contributed by atoms with Crippen molar-refractivity contribution in [3.8, 4) is 5.82 Å². The summed E-state index contributed by atoms with van der Waals surface area (Å²) in [5.74, 6) is -0.979. The summed E-state index contributed by atoms with van der Waals surface area (Å²) in [6, 6.07) is 6.36. The van der Waals surface area contributed by atoms with Gasteiger partial charge >= 0.3 is 0 Å². The zero-order valence-electron chi connectivity index (χ0n) is 16.5. The van der Waals surface area contributed by atoms with Crippen molar-refractivity contribution in [2.45, 2.75) is 18.7 Å². The van der Waals surface area contributed by atoms with Crippen LogP contribution in [0.4, 0.5) is 14.6 Å². The van der Waals surface area contributed by atoms with Crippen molar-refractivity contribution in [3.05, 3.63) is 59.7 Å². The van der Waals surface area contributed by atoms with Crippen molar-refractivity contribution in [1.29, 1.82) is 0 Å². The number of anilines is 1. The van der Waals surface area contributed by atoms with Gasteiger partial charge in [-0.25, -0.2) is 31.8 Å². The molecule has 0 atom stereocenters. The number of hydrogen-bond acceptors (Lipinski definition) is 6. The van der Waals surface area contributed by atoms with Gasteiger partial charge in [-0.1, -0.05) is 0 Å². The van der Waals surface area contributed by atoms with Gasteiger partial charge in [-0.2, -0.15) is 9.40 Å². The van der Waals surface area contributed by atoms with Crippen molar-refractivity contribution in [2.24, 2.45) is 0 Å². The molecule has 1 aliphatic rings. The van der Waals surface area contributed by atoms with E-state index in [4.69, 9.17) is 0 Å². The maximum absolute atomic E-state index is 13.5. The number of halogens is 2. The summed E-state index contributed by atoms with van der Waals surface area (Å²) in [6.07, 6.45) is 1.45. The highest BCUT2D eigenvalue weighted by Crippen LogP contribution is 2.22. The van der Waals surface area contributed by atoms with E-state index >= 15 is 0 Å². The van der Waals surface area contributed by atoms with E-state index in [0.29, 0.717) is 30.8 Å². The van der Waals surface area contributed by atoms with E-state index in [9.17, 15) is 17.2 Å². The molecule has 0 unspecified atom stereocenters. The van der Waals surface area contributed by atoms with Crippen LogP contribution in [-0.4, -0.2) is 58.7 Å². The van der Waals surface area contributed by atoms with E-state index in [0.717, 1.165) is 23.5 Å². The topological polar surface area (TPSA) is 84.2 Å². The molecule has 3 aromatic rings. The van der Waals surface area contributed by atoms with Crippen LogP contribution in [0.15, 0.2) is 41.6 Å². The van der Waals surface area contributed by atoms with Crippen LogP contribution in [0.2, 0.25) is 0 Å². The smallest absolute Gasteiger partial charge is 0.243 e. The van der Waals surface area contributed by atoms with E-state index in [1.54, 1.807) is 10.7 Å². The summed E-state index contributed by atoms with van der Waals surface area (Å²) in [5, 5.41) is 4.42. The molecule has 0 saturated carbocycles. The molecule has 30 heavy (non-hydrogen) atoms. The quantitative estimate of drug-likeness (QED) is 0.625. The second kappa shape index (κ2) is 7.73. The normalized spacial score (nSPS) is 15.5. The lowest BCUT2D eigenvalue weighted by Gasteiger charge is -2.34. The van der Waals surface area contributed by atoms with Crippen molar-refractivity contribution in [1.82, 2.24) is 24.1 Å². The Bertz CT molecular complexity index is 1190. The van der Waals surface area contributed by atoms with Gasteiger partial charge in [0.1, 0.15) is 12.1 Å². The van der Waals surface area contributed by atoms with Crippen LogP contribution in [0, 0.1) is 25.5 Å². The van der Waals surface area contributed by atoms with Gasteiger partial charge < -0.3 is 4.90 Å². The fourth-order valence-corrected chi connectivity index (χ4v) is 4.87. The first-order valence-electron chi connectivity index (χ1n) is 9.31. The second-order valence-electron chi connectivity index (χ2n) is 7.04. The van der Waals surface area contributed by atoms with Gasteiger partial charge in [-0.05, 0) is 38.1 Å². The molecule has 1 aromatic carbocycles. The zero-order chi connectivity index (χ0) is 21.5. The summed E-state index contributed by atoms with van der Waals surface area (Å²) in [7, 11) is -3.91. The van der Waals surface area contributed by atoms with Crippen LogP contribution in [0.3, 0.4) is 0 Å². The molecule has 8 nitrogen and oxygen atoms in total. The molecule has 0 radical (unpaired) electrons. The van der Waals surface area contributed by atoms with E-state index in [2.05, 4.69) is 15.1 Å². The van der Waals surface area contributed by atoms with Crippen LogP contribution >= 0.6 is 0 Å². The van der Waals surface area contributed by atoms with Gasteiger partial charge in [0.15, 0.2) is 17.5 Å². The fraction of sp³-hybridized carbons (Fsp3) is 0.316.